The zero-order valence-electron chi connectivity index (χ0n) is 16.5. The van der Waals surface area contributed by atoms with Gasteiger partial charge >= 0.3 is 5.97 Å². The fraction of sp³-hybridized carbons (Fsp3) is 0.280. The van der Waals surface area contributed by atoms with E-state index in [0.717, 1.165) is 36.8 Å². The normalized spacial score (nSPS) is 18.1. The topological polar surface area (TPSA) is 52.6 Å². The second-order valence-electron chi connectivity index (χ2n) is 7.60. The zero-order valence-corrected chi connectivity index (χ0v) is 16.5. The summed E-state index contributed by atoms with van der Waals surface area (Å²) in [5.41, 5.74) is 2.32. The van der Waals surface area contributed by atoms with E-state index in [1.54, 1.807) is 24.3 Å². The Morgan fingerprint density at radius 2 is 1.86 bits per heavy atom. The lowest BCUT2D eigenvalue weighted by Gasteiger charge is -2.20. The van der Waals surface area contributed by atoms with Crippen molar-refractivity contribution in [2.24, 2.45) is 5.92 Å². The van der Waals surface area contributed by atoms with Gasteiger partial charge in [-0.2, -0.15) is 0 Å². The molecule has 0 bridgehead atoms. The molecule has 0 radical (unpaired) electrons. The van der Waals surface area contributed by atoms with E-state index in [0.29, 0.717) is 17.1 Å². The lowest BCUT2D eigenvalue weighted by atomic mass is 9.89. The van der Waals surface area contributed by atoms with Crippen LogP contribution in [0.4, 0.5) is 0 Å². The fourth-order valence-corrected chi connectivity index (χ4v) is 3.90. The Morgan fingerprint density at radius 1 is 1.10 bits per heavy atom. The summed E-state index contributed by atoms with van der Waals surface area (Å²) < 4.78 is 11.4. The summed E-state index contributed by atoms with van der Waals surface area (Å²) >= 11 is 0. The average Bonchev–Trinajstić information content (AvgIpc) is 3.05. The maximum absolute atomic E-state index is 12.7. The van der Waals surface area contributed by atoms with Crippen LogP contribution in [-0.2, 0) is 4.79 Å². The van der Waals surface area contributed by atoms with Gasteiger partial charge in [0.1, 0.15) is 11.5 Å². The number of hydrogen-bond acceptors (Lipinski definition) is 4. The van der Waals surface area contributed by atoms with Gasteiger partial charge in [-0.15, -0.1) is 0 Å². The van der Waals surface area contributed by atoms with Crippen molar-refractivity contribution in [3.05, 3.63) is 77.1 Å². The van der Waals surface area contributed by atoms with Crippen LogP contribution in [0, 0.1) is 12.8 Å². The van der Waals surface area contributed by atoms with E-state index < -0.39 is 0 Å². The minimum absolute atomic E-state index is 0.0292. The third-order valence-electron chi connectivity index (χ3n) is 5.44. The van der Waals surface area contributed by atoms with Gasteiger partial charge in [0, 0.05) is 6.07 Å². The summed E-state index contributed by atoms with van der Waals surface area (Å²) in [5.74, 6) is 0.784. The number of ether oxygens (including phenoxy) is 2. The molecule has 2 aromatic rings. The zero-order chi connectivity index (χ0) is 20.2. The van der Waals surface area contributed by atoms with Gasteiger partial charge in [0.25, 0.3) is 0 Å². The Morgan fingerprint density at radius 3 is 2.62 bits per heavy atom. The first-order chi connectivity index (χ1) is 14.1. The third-order valence-corrected chi connectivity index (χ3v) is 5.44. The molecule has 0 N–H and O–H groups in total. The molecule has 148 valence electrons. The number of benzene rings is 2. The van der Waals surface area contributed by atoms with Crippen molar-refractivity contribution in [2.45, 2.75) is 39.0 Å². The van der Waals surface area contributed by atoms with Gasteiger partial charge in [0.2, 0.25) is 5.78 Å². The van der Waals surface area contributed by atoms with Gasteiger partial charge in [-0.3, -0.25) is 9.59 Å². The minimum atomic E-state index is -0.185. The number of ketones is 1. The van der Waals surface area contributed by atoms with Gasteiger partial charge < -0.3 is 9.47 Å². The predicted octanol–water partition coefficient (Wildman–Crippen LogP) is 5.65. The molecule has 1 fully saturated rings. The highest BCUT2D eigenvalue weighted by molar-refractivity contribution is 6.13. The molecule has 2 aliphatic rings. The maximum Gasteiger partial charge on any atom is 0.314 e. The molecule has 1 saturated carbocycles. The van der Waals surface area contributed by atoms with E-state index in [4.69, 9.17) is 9.47 Å². The number of allylic oxidation sites excluding steroid dienone is 3. The number of rotatable bonds is 4. The Bertz CT molecular complexity index is 979. The molecule has 2 aromatic carbocycles. The first kappa shape index (κ1) is 19.2. The largest absolute Gasteiger partial charge is 0.452 e. The number of aryl methyl sites for hydroxylation is 1. The highest BCUT2D eigenvalue weighted by atomic mass is 16.5. The van der Waals surface area contributed by atoms with E-state index in [-0.39, 0.29) is 23.4 Å². The van der Waals surface area contributed by atoms with Crippen molar-refractivity contribution in [1.29, 1.82) is 0 Å². The van der Waals surface area contributed by atoms with Crippen LogP contribution in [0.1, 0.15) is 53.6 Å². The van der Waals surface area contributed by atoms with Crippen LogP contribution < -0.4 is 9.47 Å². The molecular weight excluding hydrogens is 364 g/mol. The number of carbonyl (C=O) groups excluding carboxylic acids is 2. The van der Waals surface area contributed by atoms with Crippen LogP contribution in [0.15, 0.2) is 60.4 Å². The van der Waals surface area contributed by atoms with Crippen molar-refractivity contribution in [3.63, 3.8) is 0 Å². The molecule has 0 spiro atoms. The van der Waals surface area contributed by atoms with E-state index in [1.807, 2.05) is 43.3 Å². The molecule has 4 rings (SSSR count). The summed E-state index contributed by atoms with van der Waals surface area (Å²) in [6.07, 6.45) is 10.5. The molecule has 0 amide bonds. The van der Waals surface area contributed by atoms with Crippen LogP contribution in [0.5, 0.6) is 11.5 Å². The second kappa shape index (κ2) is 8.48. The van der Waals surface area contributed by atoms with E-state index >= 15 is 0 Å². The minimum Gasteiger partial charge on any atom is -0.452 e. The molecule has 0 atom stereocenters. The first-order valence-electron chi connectivity index (χ1n) is 10.1. The Balaban J connectivity index is 1.49. The van der Waals surface area contributed by atoms with Crippen LogP contribution in [0.3, 0.4) is 0 Å². The summed E-state index contributed by atoms with van der Waals surface area (Å²) in [4.78, 5) is 25.1. The van der Waals surface area contributed by atoms with Crippen molar-refractivity contribution in [1.82, 2.24) is 0 Å². The van der Waals surface area contributed by atoms with Crippen molar-refractivity contribution >= 4 is 17.8 Å². The number of hydrogen-bond donors (Lipinski definition) is 0. The molecule has 0 aromatic heterocycles. The number of Topliss-reactive ketones (excluding diaryl/α,β-unsaturated/α-hetero) is 1. The third kappa shape index (κ3) is 4.32. The first-order valence-corrected chi connectivity index (χ1v) is 10.1. The summed E-state index contributed by atoms with van der Waals surface area (Å²) in [7, 11) is 0. The Hall–Kier alpha value is -3.14. The van der Waals surface area contributed by atoms with E-state index in [1.165, 1.54) is 6.42 Å². The summed E-state index contributed by atoms with van der Waals surface area (Å²) in [5, 5.41) is 0. The molecule has 0 saturated heterocycles. The fourth-order valence-electron chi connectivity index (χ4n) is 3.90. The maximum atomic E-state index is 12.7. The summed E-state index contributed by atoms with van der Waals surface area (Å²) in [6, 6.07) is 13.2. The lowest BCUT2D eigenvalue weighted by Crippen LogP contribution is -2.22. The van der Waals surface area contributed by atoms with Gasteiger partial charge in [-0.05, 0) is 43.0 Å². The van der Waals surface area contributed by atoms with Crippen LogP contribution in [0.25, 0.3) is 6.08 Å². The number of esters is 1. The second-order valence-corrected chi connectivity index (χ2v) is 7.60. The molecule has 4 heteroatoms. The SMILES string of the molecule is Cc1cc(OC(=O)C2CCCCC2)cc2c1C(=O)/C(=C/C=C/c1ccccc1)O2. The monoisotopic (exact) mass is 388 g/mol. The van der Waals surface area contributed by atoms with Gasteiger partial charge in [-0.25, -0.2) is 0 Å². The van der Waals surface area contributed by atoms with Gasteiger partial charge in [-0.1, -0.05) is 61.7 Å². The lowest BCUT2D eigenvalue weighted by molar-refractivity contribution is -0.139. The predicted molar refractivity (Wildman–Crippen MR) is 112 cm³/mol. The molecule has 1 aliphatic carbocycles. The average molecular weight is 388 g/mol. The van der Waals surface area contributed by atoms with Crippen LogP contribution in [-0.4, -0.2) is 11.8 Å². The van der Waals surface area contributed by atoms with Crippen LogP contribution in [0.2, 0.25) is 0 Å². The van der Waals surface area contributed by atoms with E-state index in [2.05, 4.69) is 0 Å². The Labute approximate surface area is 170 Å². The highest BCUT2D eigenvalue weighted by Crippen LogP contribution is 2.37. The van der Waals surface area contributed by atoms with Gasteiger partial charge in [0.05, 0.1) is 11.5 Å². The smallest absolute Gasteiger partial charge is 0.314 e. The molecule has 1 aliphatic heterocycles. The van der Waals surface area contributed by atoms with Crippen molar-refractivity contribution < 1.29 is 19.1 Å². The summed E-state index contributed by atoms with van der Waals surface area (Å²) in [6.45, 7) is 1.83. The number of carbonyl (C=O) groups is 2. The molecule has 29 heavy (non-hydrogen) atoms. The Kier molecular flexibility index (Phi) is 5.61. The van der Waals surface area contributed by atoms with Crippen molar-refractivity contribution in [3.8, 4) is 11.5 Å². The quantitative estimate of drug-likeness (QED) is 0.386. The van der Waals surface area contributed by atoms with E-state index in [9.17, 15) is 9.59 Å². The van der Waals surface area contributed by atoms with Crippen molar-refractivity contribution in [2.75, 3.05) is 0 Å². The highest BCUT2D eigenvalue weighted by Gasteiger charge is 2.30. The van der Waals surface area contributed by atoms with Crippen LogP contribution >= 0.6 is 0 Å². The molecule has 0 unspecified atom stereocenters. The number of fused-ring (bicyclic) bond motifs is 1. The molecule has 4 nitrogen and oxygen atoms in total. The van der Waals surface area contributed by atoms with Gasteiger partial charge in [0.15, 0.2) is 5.76 Å². The standard InChI is InChI=1S/C25H24O4/c1-17-15-20(28-25(27)19-12-6-3-7-13-19)16-22-23(17)24(26)21(29-22)14-8-11-18-9-4-2-5-10-18/h2,4-5,8-11,14-16,19H,3,6-7,12-13H2,1H3/b11-8+,21-14-. The molecular formula is C25H24O4. The molecule has 1 heterocycles.